The van der Waals surface area contributed by atoms with E-state index in [2.05, 4.69) is 56.9 Å². The Morgan fingerprint density at radius 1 is 1.00 bits per heavy atom. The van der Waals surface area contributed by atoms with Gasteiger partial charge in [-0.2, -0.15) is 0 Å². The Balaban J connectivity index is 1.99. The summed E-state index contributed by atoms with van der Waals surface area (Å²) >= 11 is 0. The van der Waals surface area contributed by atoms with Gasteiger partial charge in [-0.3, -0.25) is 0 Å². The molecular weight excluding hydrogens is 398 g/mol. The first kappa shape index (κ1) is 23.8. The average molecular weight is 437 g/mol. The van der Waals surface area contributed by atoms with Gasteiger partial charge in [-0.05, 0) is 0 Å². The number of fused-ring (bicyclic) bond motifs is 2. The third-order valence-corrected chi connectivity index (χ3v) is 20.3. The van der Waals surface area contributed by atoms with E-state index in [1.807, 2.05) is 0 Å². The van der Waals surface area contributed by atoms with Crippen LogP contribution in [0.1, 0.15) is 25.7 Å². The fourth-order valence-electron chi connectivity index (χ4n) is 5.70. The van der Waals surface area contributed by atoms with Gasteiger partial charge in [0.25, 0.3) is 0 Å². The van der Waals surface area contributed by atoms with Gasteiger partial charge >= 0.3 is 173 Å². The van der Waals surface area contributed by atoms with Gasteiger partial charge in [-0.15, -0.1) is 0 Å². The molecule has 2 bridgehead atoms. The van der Waals surface area contributed by atoms with Gasteiger partial charge in [-0.1, -0.05) is 0 Å². The van der Waals surface area contributed by atoms with Crippen molar-refractivity contribution in [2.75, 3.05) is 0 Å². The van der Waals surface area contributed by atoms with Crippen molar-refractivity contribution >= 4 is 47.6 Å². The summed E-state index contributed by atoms with van der Waals surface area (Å²) in [5.41, 5.74) is 0.767. The van der Waals surface area contributed by atoms with E-state index in [9.17, 15) is 0 Å². The van der Waals surface area contributed by atoms with Gasteiger partial charge in [0.2, 0.25) is 0 Å². The van der Waals surface area contributed by atoms with E-state index in [0.717, 1.165) is 23.3 Å². The van der Waals surface area contributed by atoms with E-state index in [-0.39, 0.29) is 0 Å². The summed E-state index contributed by atoms with van der Waals surface area (Å²) in [6, 6.07) is 1.21. The van der Waals surface area contributed by atoms with Crippen molar-refractivity contribution in [2.24, 2.45) is 22.3 Å². The molecule has 1 N–H and O–H groups in total. The van der Waals surface area contributed by atoms with Crippen LogP contribution in [0.5, 0.6) is 0 Å². The predicted molar refractivity (Wildman–Crippen MR) is 126 cm³/mol. The molecule has 2 fully saturated rings. The van der Waals surface area contributed by atoms with E-state index in [1.165, 1.54) is 31.7 Å². The van der Waals surface area contributed by atoms with E-state index in [0.29, 0.717) is 0 Å². The zero-order valence-corrected chi connectivity index (χ0v) is 22.8. The molecule has 2 saturated carbocycles. The summed E-state index contributed by atoms with van der Waals surface area (Å²) in [6.45, 7) is 19.6. The molecule has 4 unspecified atom stereocenters. The molecule has 1 radical (unpaired) electrons. The Kier molecular flexibility index (Phi) is 7.34. The minimum absolute atomic E-state index is 0.767. The fraction of sp³-hybridized carbons (Fsp3) is 1.00. The first-order valence-electron chi connectivity index (χ1n) is 10.5. The van der Waals surface area contributed by atoms with Crippen molar-refractivity contribution in [1.29, 1.82) is 5.31 Å². The Morgan fingerprint density at radius 3 is 2.15 bits per heavy atom. The molecule has 4 nitrogen and oxygen atoms in total. The van der Waals surface area contributed by atoms with Crippen LogP contribution in [-0.2, 0) is 8.23 Å². The molecule has 151 valence electrons. The predicted octanol–water partition coefficient (Wildman–Crippen LogP) is 5.46. The van der Waals surface area contributed by atoms with Crippen molar-refractivity contribution < 1.29 is 8.23 Å². The quantitative estimate of drug-likeness (QED) is 0.462. The van der Waals surface area contributed by atoms with Crippen LogP contribution in [0.4, 0.5) is 0 Å². The van der Waals surface area contributed by atoms with Crippen LogP contribution in [0, 0.1) is 23.1 Å². The zero-order valence-electron chi connectivity index (χ0n) is 18.8. The minimum atomic E-state index is -2.05. The Hall–Kier alpha value is 0.517. The Morgan fingerprint density at radius 2 is 1.63 bits per heavy atom. The van der Waals surface area contributed by atoms with Crippen LogP contribution in [0.25, 0.3) is 0 Å². The Labute approximate surface area is 173 Å². The van der Waals surface area contributed by atoms with Crippen molar-refractivity contribution in [3.63, 3.8) is 0 Å². The molecule has 0 aromatic carbocycles. The standard InChI is InChI=1S/C17H39B2N2O2Si4/c1-24(2,22-27(7,8)21-18)10-9-15-11-14-12-16(15)17(13-14)25(3,4)23-26(5,6)19-20/h14-17,20H,9-13H2,1-8H3. The number of nitrogens with zero attached hydrogens (tertiary/aromatic N) is 1. The normalized spacial score (nSPS) is 29.0. The third-order valence-electron chi connectivity index (χ3n) is 6.67. The van der Waals surface area contributed by atoms with E-state index < -0.39 is 33.3 Å². The first-order valence-corrected chi connectivity index (χ1v) is 22.5. The molecule has 0 aromatic heterocycles. The van der Waals surface area contributed by atoms with Gasteiger partial charge in [-0.25, -0.2) is 0 Å². The molecule has 4 atom stereocenters. The maximum absolute atomic E-state index is 7.73. The van der Waals surface area contributed by atoms with Crippen LogP contribution in [0.15, 0.2) is 4.56 Å². The van der Waals surface area contributed by atoms with Crippen molar-refractivity contribution in [3.8, 4) is 0 Å². The first-order chi connectivity index (χ1) is 12.2. The van der Waals surface area contributed by atoms with Crippen LogP contribution < -0.4 is 0 Å². The Bertz CT molecular complexity index is 575. The SMILES string of the molecule is [B]=N[Si](C)(C)O[Si](C)(C)CCC1CC2CC1C([Si](C)(C)O[Si](C)(C)B=N)C2. The second-order valence-electron chi connectivity index (χ2n) is 11.0. The summed E-state index contributed by atoms with van der Waals surface area (Å²) < 4.78 is 17.2. The van der Waals surface area contributed by atoms with E-state index >= 15 is 0 Å². The van der Waals surface area contributed by atoms with Crippen molar-refractivity contribution in [2.45, 2.75) is 89.6 Å². The van der Waals surface area contributed by atoms with Crippen molar-refractivity contribution in [1.82, 2.24) is 0 Å². The van der Waals surface area contributed by atoms with Crippen LogP contribution in [0.3, 0.4) is 0 Å². The molecule has 0 heterocycles. The molecule has 0 saturated heterocycles. The maximum atomic E-state index is 7.73. The number of nitrogens with one attached hydrogen (secondary N) is 1. The topological polar surface area (TPSA) is 54.7 Å². The molecule has 2 rings (SSSR count). The molecule has 0 aromatic rings. The van der Waals surface area contributed by atoms with E-state index in [1.54, 1.807) is 6.66 Å². The summed E-state index contributed by atoms with van der Waals surface area (Å²) in [5, 5.41) is 7.73. The molecule has 2 aliphatic rings. The van der Waals surface area contributed by atoms with Crippen LogP contribution in [-0.4, -0.2) is 47.6 Å². The molecular formula is C17H39B2N2O2Si4. The van der Waals surface area contributed by atoms with Gasteiger partial charge in [0, 0.05) is 0 Å². The summed E-state index contributed by atoms with van der Waals surface area (Å²) in [5.74, 6) is 2.57. The molecule has 0 amide bonds. The zero-order chi connectivity index (χ0) is 20.7. The molecule has 27 heavy (non-hydrogen) atoms. The van der Waals surface area contributed by atoms with Gasteiger partial charge in [0.15, 0.2) is 0 Å². The molecule has 2 aliphatic carbocycles. The van der Waals surface area contributed by atoms with Gasteiger partial charge < -0.3 is 0 Å². The summed E-state index contributed by atoms with van der Waals surface area (Å²) in [6.07, 6.45) is 5.47. The number of hydrogen-bond donors (Lipinski definition) is 1. The van der Waals surface area contributed by atoms with E-state index in [4.69, 9.17) is 21.2 Å². The summed E-state index contributed by atoms with van der Waals surface area (Å²) in [4.78, 5) is 0. The second-order valence-corrected chi connectivity index (χ2v) is 27.3. The third kappa shape index (κ3) is 6.25. The molecule has 0 spiro atoms. The van der Waals surface area contributed by atoms with Gasteiger partial charge in [0.1, 0.15) is 0 Å². The molecule has 10 heteroatoms. The number of rotatable bonds is 10. The van der Waals surface area contributed by atoms with Crippen molar-refractivity contribution in [3.05, 3.63) is 0 Å². The summed E-state index contributed by atoms with van der Waals surface area (Å²) in [7, 11) is -1.91. The van der Waals surface area contributed by atoms with Gasteiger partial charge in [0.05, 0.1) is 0 Å². The average Bonchev–Trinajstić information content (AvgIpc) is 3.12. The van der Waals surface area contributed by atoms with Crippen LogP contribution in [0.2, 0.25) is 64.0 Å². The molecule has 0 aliphatic heterocycles. The van der Waals surface area contributed by atoms with Crippen LogP contribution >= 0.6 is 0 Å². The fourth-order valence-corrected chi connectivity index (χ4v) is 21.4. The monoisotopic (exact) mass is 437 g/mol. The second kappa shape index (κ2) is 8.33. The number of hydrogen-bond acceptors (Lipinski definition) is 4.